The third kappa shape index (κ3) is 7.54. The number of ether oxygens (including phenoxy) is 3. The summed E-state index contributed by atoms with van der Waals surface area (Å²) < 4.78 is 65.9. The predicted octanol–water partition coefficient (Wildman–Crippen LogP) is 7.00. The summed E-state index contributed by atoms with van der Waals surface area (Å²) in [5, 5.41) is 4.30. The zero-order chi connectivity index (χ0) is 37.5. The molecule has 15 heteroatoms. The molecule has 1 aromatic heterocycles. The van der Waals surface area contributed by atoms with E-state index in [2.05, 4.69) is 31.2 Å². The van der Waals surface area contributed by atoms with Gasteiger partial charge in [-0.3, -0.25) is 14.3 Å². The van der Waals surface area contributed by atoms with Gasteiger partial charge in [-0.05, 0) is 97.7 Å². The van der Waals surface area contributed by atoms with Crippen LogP contribution in [0.3, 0.4) is 0 Å². The predicted molar refractivity (Wildman–Crippen MR) is 197 cm³/mol. The molecule has 3 heterocycles. The maximum atomic E-state index is 14.6. The lowest BCUT2D eigenvalue weighted by molar-refractivity contribution is 0.0131. The van der Waals surface area contributed by atoms with Crippen LogP contribution in [0.1, 0.15) is 77.4 Å². The molecule has 0 unspecified atom stereocenters. The van der Waals surface area contributed by atoms with Crippen molar-refractivity contribution in [3.8, 4) is 11.6 Å². The molecule has 1 fully saturated rings. The Morgan fingerprint density at radius 3 is 2.75 bits per heavy atom. The maximum Gasteiger partial charge on any atom is 0.333 e. The topological polar surface area (TPSA) is 124 Å². The number of carbonyl (C=O) groups is 2. The fourth-order valence-electron chi connectivity index (χ4n) is 8.35. The molecule has 7 rings (SSSR count). The summed E-state index contributed by atoms with van der Waals surface area (Å²) in [5.41, 5.74) is 2.67. The number of methoxy groups -OCH3 is 2. The Hall–Kier alpha value is -4.01. The minimum Gasteiger partial charge on any atom is -0.490 e. The van der Waals surface area contributed by atoms with Crippen LogP contribution in [0.15, 0.2) is 59.1 Å². The lowest BCUT2D eigenvalue weighted by atomic mass is 9.68. The van der Waals surface area contributed by atoms with Gasteiger partial charge in [-0.1, -0.05) is 36.7 Å². The van der Waals surface area contributed by atoms with Crippen molar-refractivity contribution in [2.24, 2.45) is 22.1 Å². The minimum atomic E-state index is -3.80. The Balaban J connectivity index is 1.30. The SMILES string of the molecule is COc1nn(C(F)F)cc1C(=O)N[S@@]1(=O)=NC(=O)c2ccc3c(c2)N(C[C@@H]2CC[C@H]2[C@@H](OC)/C=C/C[C@H](C)C1)C[C@@]1(CCCc2cc(Cl)ccc21)CO3. The molecule has 4 aliphatic rings. The average molecular weight is 772 g/mol. The fourth-order valence-corrected chi connectivity index (χ4v) is 10.4. The number of carbonyl (C=O) groups excluding carboxylic acids is 2. The lowest BCUT2D eigenvalue weighted by Crippen LogP contribution is -2.49. The van der Waals surface area contributed by atoms with Crippen LogP contribution in [0.5, 0.6) is 11.6 Å². The molecule has 2 bridgehead atoms. The van der Waals surface area contributed by atoms with E-state index in [-0.39, 0.29) is 50.8 Å². The third-order valence-corrected chi connectivity index (χ3v) is 13.3. The van der Waals surface area contributed by atoms with Crippen molar-refractivity contribution in [1.82, 2.24) is 14.5 Å². The smallest absolute Gasteiger partial charge is 0.333 e. The summed E-state index contributed by atoms with van der Waals surface area (Å²) >= 11 is 6.44. The van der Waals surface area contributed by atoms with E-state index < -0.39 is 28.3 Å². The van der Waals surface area contributed by atoms with Crippen molar-refractivity contribution in [2.75, 3.05) is 44.6 Å². The van der Waals surface area contributed by atoms with E-state index in [0.29, 0.717) is 42.8 Å². The minimum absolute atomic E-state index is 0.136. The summed E-state index contributed by atoms with van der Waals surface area (Å²) in [5.74, 6) is -1.44. The van der Waals surface area contributed by atoms with E-state index in [1.807, 2.05) is 25.1 Å². The Morgan fingerprint density at radius 1 is 1.19 bits per heavy atom. The fraction of sp³-hybridized carbons (Fsp3) is 0.500. The normalized spacial score (nSPS) is 29.2. The summed E-state index contributed by atoms with van der Waals surface area (Å²) in [6, 6.07) is 11.2. The zero-order valence-electron chi connectivity index (χ0n) is 29.9. The van der Waals surface area contributed by atoms with Crippen LogP contribution in [0.4, 0.5) is 14.5 Å². The Kier molecular flexibility index (Phi) is 10.6. The van der Waals surface area contributed by atoms with Crippen LogP contribution in [0.2, 0.25) is 5.02 Å². The van der Waals surface area contributed by atoms with Crippen LogP contribution < -0.4 is 19.1 Å². The van der Waals surface area contributed by atoms with Crippen molar-refractivity contribution in [3.05, 3.63) is 82.0 Å². The number of fused-ring (bicyclic) bond motifs is 4. The Bertz CT molecular complexity index is 2050. The molecule has 2 aromatic carbocycles. The van der Waals surface area contributed by atoms with Gasteiger partial charge in [-0.15, -0.1) is 9.46 Å². The Morgan fingerprint density at radius 2 is 2.02 bits per heavy atom. The standard InChI is InChI=1S/C38H44ClF2N5O6S/c1-23-6-4-8-32(50-2)28-12-9-26(28)18-45-21-38(15-5-7-24-16-27(39)11-13-30(24)38)22-52-33-14-10-25(17-31(33)45)34(47)43-53(49,20-23)44-35(48)29-19-46(37(40)41)42-36(29)51-3/h4,8,10-11,13-14,16-17,19,23,26,28,32,37H,5-7,9,12,15,18,20-22H2,1-3H3,(H,43,44,47,48,49)/b8-4+/t23-,26-,28+,32-,38-,53-/m0/s1. The van der Waals surface area contributed by atoms with E-state index in [1.165, 1.54) is 18.2 Å². The largest absolute Gasteiger partial charge is 0.490 e. The molecule has 284 valence electrons. The van der Waals surface area contributed by atoms with Crippen molar-refractivity contribution in [1.29, 1.82) is 0 Å². The van der Waals surface area contributed by atoms with Gasteiger partial charge in [0.1, 0.15) is 21.2 Å². The number of nitrogens with one attached hydrogen (secondary N) is 1. The number of aromatic nitrogens is 2. The monoisotopic (exact) mass is 771 g/mol. The quantitative estimate of drug-likeness (QED) is 0.275. The molecule has 1 saturated carbocycles. The van der Waals surface area contributed by atoms with Crippen LogP contribution in [-0.2, 0) is 26.5 Å². The summed E-state index contributed by atoms with van der Waals surface area (Å²) in [7, 11) is -0.910. The van der Waals surface area contributed by atoms with Gasteiger partial charge in [-0.2, -0.15) is 8.78 Å². The summed E-state index contributed by atoms with van der Waals surface area (Å²) in [4.78, 5) is 29.8. The molecule has 2 aliphatic heterocycles. The van der Waals surface area contributed by atoms with E-state index >= 15 is 0 Å². The molecule has 1 spiro atoms. The molecule has 11 nitrogen and oxygen atoms in total. The number of allylic oxidation sites excluding steroid dienone is 1. The highest BCUT2D eigenvalue weighted by molar-refractivity contribution is 7.92. The zero-order valence-corrected chi connectivity index (χ0v) is 31.5. The van der Waals surface area contributed by atoms with Crippen molar-refractivity contribution in [3.63, 3.8) is 0 Å². The van der Waals surface area contributed by atoms with Gasteiger partial charge in [0.2, 0.25) is 5.88 Å². The summed E-state index contributed by atoms with van der Waals surface area (Å²) in [6.07, 6.45) is 10.1. The van der Waals surface area contributed by atoms with Crippen LogP contribution >= 0.6 is 11.6 Å². The van der Waals surface area contributed by atoms with Crippen molar-refractivity contribution >= 4 is 39.0 Å². The molecule has 0 saturated heterocycles. The van der Waals surface area contributed by atoms with Gasteiger partial charge in [0.15, 0.2) is 0 Å². The second kappa shape index (κ2) is 15.0. The second-order valence-electron chi connectivity index (χ2n) is 14.7. The van der Waals surface area contributed by atoms with Crippen LogP contribution in [0.25, 0.3) is 0 Å². The third-order valence-electron chi connectivity index (χ3n) is 11.1. The average Bonchev–Trinajstić information content (AvgIpc) is 3.50. The number of hydrogen-bond acceptors (Lipinski definition) is 8. The molecular weight excluding hydrogens is 728 g/mol. The number of anilines is 1. The van der Waals surface area contributed by atoms with Gasteiger partial charge >= 0.3 is 6.55 Å². The van der Waals surface area contributed by atoms with Gasteiger partial charge < -0.3 is 19.1 Å². The number of hydrogen-bond donors (Lipinski definition) is 1. The number of alkyl halides is 2. The first-order valence-corrected chi connectivity index (χ1v) is 20.0. The first-order chi connectivity index (χ1) is 25.4. The molecule has 3 aromatic rings. The van der Waals surface area contributed by atoms with Crippen molar-refractivity contribution in [2.45, 2.75) is 63.5 Å². The van der Waals surface area contributed by atoms with Crippen molar-refractivity contribution < 1.29 is 36.8 Å². The first kappa shape index (κ1) is 37.3. The van der Waals surface area contributed by atoms with Gasteiger partial charge in [0.25, 0.3) is 11.8 Å². The molecule has 0 radical (unpaired) electrons. The highest BCUT2D eigenvalue weighted by atomic mass is 35.5. The lowest BCUT2D eigenvalue weighted by Gasteiger charge is -2.46. The van der Waals surface area contributed by atoms with E-state index in [0.717, 1.165) is 44.0 Å². The van der Waals surface area contributed by atoms with Gasteiger partial charge in [0.05, 0.1) is 31.3 Å². The molecule has 2 aliphatic carbocycles. The highest BCUT2D eigenvalue weighted by Crippen LogP contribution is 2.47. The van der Waals surface area contributed by atoms with Gasteiger partial charge in [0, 0.05) is 42.4 Å². The van der Waals surface area contributed by atoms with E-state index in [9.17, 15) is 22.6 Å². The van der Waals surface area contributed by atoms with E-state index in [1.54, 1.807) is 25.3 Å². The molecule has 2 amide bonds. The molecule has 53 heavy (non-hydrogen) atoms. The van der Waals surface area contributed by atoms with Gasteiger partial charge in [-0.25, -0.2) is 8.89 Å². The second-order valence-corrected chi connectivity index (χ2v) is 17.1. The summed E-state index contributed by atoms with van der Waals surface area (Å²) in [6.45, 7) is 0.616. The van der Waals surface area contributed by atoms with Crippen LogP contribution in [0, 0.1) is 17.8 Å². The number of amides is 2. The number of halogens is 3. The molecule has 1 N–H and O–H groups in total. The highest BCUT2D eigenvalue weighted by Gasteiger charge is 2.44. The maximum absolute atomic E-state index is 14.6. The first-order valence-electron chi connectivity index (χ1n) is 17.9. The number of rotatable bonds is 5. The van der Waals surface area contributed by atoms with Crippen LogP contribution in [-0.4, -0.2) is 71.6 Å². The number of nitrogens with zero attached hydrogens (tertiary/aromatic N) is 4. The Labute approximate surface area is 313 Å². The number of aryl methyl sites for hydroxylation is 1. The van der Waals surface area contributed by atoms with E-state index in [4.69, 9.17) is 25.8 Å². The number of benzene rings is 2. The molecule has 6 atom stereocenters. The molecular formula is C38H44ClF2N5O6S.